The van der Waals surface area contributed by atoms with Gasteiger partial charge in [-0.15, -0.1) is 5.10 Å². The second kappa shape index (κ2) is 8.39. The lowest BCUT2D eigenvalue weighted by atomic mass is 10.0. The van der Waals surface area contributed by atoms with Crippen LogP contribution in [0.2, 0.25) is 0 Å². The fourth-order valence-corrected chi connectivity index (χ4v) is 4.77. The van der Waals surface area contributed by atoms with Crippen molar-refractivity contribution in [3.05, 3.63) is 71.0 Å². The van der Waals surface area contributed by atoms with E-state index in [1.54, 1.807) is 6.07 Å². The summed E-state index contributed by atoms with van der Waals surface area (Å²) in [5.41, 5.74) is 1.47. The van der Waals surface area contributed by atoms with Crippen LogP contribution in [0.4, 0.5) is 0 Å². The lowest BCUT2D eigenvalue weighted by Crippen LogP contribution is -2.17. The number of aromatic hydroxyl groups is 1. The van der Waals surface area contributed by atoms with Gasteiger partial charge in [-0.05, 0) is 35.4 Å². The van der Waals surface area contributed by atoms with E-state index in [-0.39, 0.29) is 12.2 Å². The van der Waals surface area contributed by atoms with Gasteiger partial charge < -0.3 is 14.2 Å². The van der Waals surface area contributed by atoms with Gasteiger partial charge >= 0.3 is 0 Å². The average molecular weight is 441 g/mol. The van der Waals surface area contributed by atoms with Crippen molar-refractivity contribution >= 4 is 48.7 Å². The molecule has 3 aromatic carbocycles. The summed E-state index contributed by atoms with van der Waals surface area (Å²) in [7, 11) is -4.27. The van der Waals surface area contributed by atoms with Gasteiger partial charge in [0.05, 0.1) is 26.5 Å². The number of hydrogen-bond acceptors (Lipinski definition) is 7. The van der Waals surface area contributed by atoms with E-state index in [4.69, 9.17) is 0 Å². The van der Waals surface area contributed by atoms with Gasteiger partial charge in [-0.3, -0.25) is 0 Å². The standard InChI is InChI=1S/C21H19N3O4S2/c25-19-11-10-15-6-1-2-7-16(15)17(19)14-22-23-21-24(12-5-13-30(26,27)28)18-8-3-4-9-20(18)29-21/h1-4,6-11,14,25H,5,12-13H2,(H,26,27,28)/p-1/b22-14-,23-21-. The Balaban J connectivity index is 1.73. The highest BCUT2D eigenvalue weighted by Crippen LogP contribution is 2.25. The third-order valence-corrected chi connectivity index (χ3v) is 6.48. The van der Waals surface area contributed by atoms with Gasteiger partial charge in [0, 0.05) is 17.9 Å². The molecular weight excluding hydrogens is 422 g/mol. The minimum atomic E-state index is -4.27. The third kappa shape index (κ3) is 4.43. The second-order valence-corrected chi connectivity index (χ2v) is 9.22. The van der Waals surface area contributed by atoms with Crippen LogP contribution in [-0.2, 0) is 16.7 Å². The Morgan fingerprint density at radius 3 is 2.67 bits per heavy atom. The lowest BCUT2D eigenvalue weighted by molar-refractivity contribution is 0.459. The van der Waals surface area contributed by atoms with Crippen molar-refractivity contribution in [1.29, 1.82) is 0 Å². The number of nitrogens with zero attached hydrogens (tertiary/aromatic N) is 3. The van der Waals surface area contributed by atoms with Crippen LogP contribution in [0.15, 0.2) is 70.9 Å². The number of rotatable bonds is 6. The summed E-state index contributed by atoms with van der Waals surface area (Å²) >= 11 is 1.42. The number of benzene rings is 3. The minimum absolute atomic E-state index is 0.109. The van der Waals surface area contributed by atoms with Crippen molar-refractivity contribution in [1.82, 2.24) is 4.57 Å². The van der Waals surface area contributed by atoms with Crippen molar-refractivity contribution in [3.63, 3.8) is 0 Å². The van der Waals surface area contributed by atoms with Crippen LogP contribution in [0.25, 0.3) is 21.0 Å². The van der Waals surface area contributed by atoms with Gasteiger partial charge in [-0.25, -0.2) is 8.42 Å². The molecule has 1 heterocycles. The number of phenols is 1. The van der Waals surface area contributed by atoms with E-state index in [9.17, 15) is 18.1 Å². The first kappa shape index (κ1) is 20.3. The van der Waals surface area contributed by atoms with Crippen LogP contribution in [-0.4, -0.2) is 34.6 Å². The van der Waals surface area contributed by atoms with Crippen LogP contribution >= 0.6 is 11.3 Å². The van der Waals surface area contributed by atoms with E-state index in [1.807, 2.05) is 59.2 Å². The summed E-state index contributed by atoms with van der Waals surface area (Å²) in [5, 5.41) is 20.6. The van der Waals surface area contributed by atoms with Crippen molar-refractivity contribution in [2.45, 2.75) is 13.0 Å². The number of aromatic nitrogens is 1. The summed E-state index contributed by atoms with van der Waals surface area (Å²) in [6, 6.07) is 18.8. The molecule has 0 saturated carbocycles. The van der Waals surface area contributed by atoms with Crippen molar-refractivity contribution in [2.75, 3.05) is 5.75 Å². The molecule has 0 amide bonds. The molecule has 0 saturated heterocycles. The Hall–Kier alpha value is -3.01. The Labute approximate surface area is 177 Å². The molecule has 0 aliphatic rings. The molecule has 7 nitrogen and oxygen atoms in total. The van der Waals surface area contributed by atoms with Crippen LogP contribution in [0.1, 0.15) is 12.0 Å². The quantitative estimate of drug-likeness (QED) is 0.281. The normalized spacial score (nSPS) is 13.0. The molecule has 154 valence electrons. The molecule has 4 aromatic rings. The first-order chi connectivity index (χ1) is 14.4. The number of phenolic OH excluding ortho intramolecular Hbond substituents is 1. The zero-order valence-electron chi connectivity index (χ0n) is 15.8. The monoisotopic (exact) mass is 440 g/mol. The Kier molecular flexibility index (Phi) is 5.67. The van der Waals surface area contributed by atoms with Crippen LogP contribution in [0.3, 0.4) is 0 Å². The molecule has 0 fully saturated rings. The predicted octanol–water partition coefficient (Wildman–Crippen LogP) is 3.43. The Morgan fingerprint density at radius 2 is 1.83 bits per heavy atom. The maximum Gasteiger partial charge on any atom is 0.211 e. The molecule has 4 rings (SSSR count). The second-order valence-electron chi connectivity index (χ2n) is 6.68. The molecule has 0 radical (unpaired) electrons. The van der Waals surface area contributed by atoms with E-state index in [0.29, 0.717) is 16.9 Å². The van der Waals surface area contributed by atoms with Gasteiger partial charge in [0.1, 0.15) is 5.75 Å². The maximum atomic E-state index is 10.9. The highest BCUT2D eigenvalue weighted by Gasteiger charge is 2.07. The zero-order valence-corrected chi connectivity index (χ0v) is 17.4. The number of hydrogen-bond donors (Lipinski definition) is 1. The number of fused-ring (bicyclic) bond motifs is 2. The van der Waals surface area contributed by atoms with Gasteiger partial charge in [-0.1, -0.05) is 53.8 Å². The molecule has 0 aliphatic carbocycles. The summed E-state index contributed by atoms with van der Waals surface area (Å²) in [6.07, 6.45) is 1.70. The number of para-hydroxylation sites is 1. The van der Waals surface area contributed by atoms with Gasteiger partial charge in [0.2, 0.25) is 4.80 Å². The lowest BCUT2D eigenvalue weighted by Gasteiger charge is -2.08. The molecule has 0 atom stereocenters. The molecule has 1 N–H and O–H groups in total. The molecular formula is C21H18N3O4S2-. The summed E-state index contributed by atoms with van der Waals surface area (Å²) in [6.45, 7) is 0.333. The molecule has 0 bridgehead atoms. The summed E-state index contributed by atoms with van der Waals surface area (Å²) in [5.74, 6) is -0.325. The smallest absolute Gasteiger partial charge is 0.211 e. The molecule has 1 aromatic heterocycles. The SMILES string of the molecule is O=S(=O)([O-])CCCn1/c(=N/N=C\c2c(O)ccc3ccccc23)sc2ccccc21. The van der Waals surface area contributed by atoms with Crippen LogP contribution < -0.4 is 4.80 Å². The van der Waals surface area contributed by atoms with E-state index < -0.39 is 15.9 Å². The van der Waals surface area contributed by atoms with E-state index in [1.165, 1.54) is 17.6 Å². The molecule has 0 unspecified atom stereocenters. The largest absolute Gasteiger partial charge is 0.748 e. The highest BCUT2D eigenvalue weighted by atomic mass is 32.2. The van der Waals surface area contributed by atoms with Gasteiger partial charge in [0.25, 0.3) is 0 Å². The van der Waals surface area contributed by atoms with Gasteiger partial charge in [0.15, 0.2) is 0 Å². The van der Waals surface area contributed by atoms with E-state index in [2.05, 4.69) is 10.2 Å². The molecule has 0 spiro atoms. The first-order valence-corrected chi connectivity index (χ1v) is 11.6. The molecule has 30 heavy (non-hydrogen) atoms. The van der Waals surface area contributed by atoms with E-state index >= 15 is 0 Å². The Morgan fingerprint density at radius 1 is 1.07 bits per heavy atom. The van der Waals surface area contributed by atoms with Crippen LogP contribution in [0.5, 0.6) is 5.75 Å². The molecule has 9 heteroatoms. The fraction of sp³-hybridized carbons (Fsp3) is 0.143. The maximum absolute atomic E-state index is 10.9. The highest BCUT2D eigenvalue weighted by molar-refractivity contribution is 7.85. The summed E-state index contributed by atoms with van der Waals surface area (Å²) in [4.78, 5) is 0.579. The van der Waals surface area contributed by atoms with Crippen LogP contribution in [0, 0.1) is 0 Å². The predicted molar refractivity (Wildman–Crippen MR) is 118 cm³/mol. The first-order valence-electron chi connectivity index (χ1n) is 9.22. The number of thiazole rings is 1. The Bertz CT molecular complexity index is 1420. The fourth-order valence-electron chi connectivity index (χ4n) is 3.27. The van der Waals surface area contributed by atoms with Crippen molar-refractivity contribution in [3.8, 4) is 5.75 Å². The third-order valence-electron chi connectivity index (χ3n) is 4.64. The minimum Gasteiger partial charge on any atom is -0.748 e. The zero-order chi connectivity index (χ0) is 21.1. The number of aryl methyl sites for hydroxylation is 1. The topological polar surface area (TPSA) is 107 Å². The summed E-state index contributed by atoms with van der Waals surface area (Å²) < 4.78 is 35.7. The van der Waals surface area contributed by atoms with Crippen molar-refractivity contribution in [2.24, 2.45) is 10.2 Å². The average Bonchev–Trinajstić information content (AvgIpc) is 3.06. The van der Waals surface area contributed by atoms with Gasteiger partial charge in [-0.2, -0.15) is 5.10 Å². The molecule has 0 aliphatic heterocycles. The van der Waals surface area contributed by atoms with E-state index in [0.717, 1.165) is 21.0 Å². The van der Waals surface area contributed by atoms with Crippen molar-refractivity contribution < 1.29 is 18.1 Å².